The van der Waals surface area contributed by atoms with Crippen LogP contribution in [-0.2, 0) is 6.61 Å². The molecule has 0 aliphatic heterocycles. The topological polar surface area (TPSA) is 69.9 Å². The van der Waals surface area contributed by atoms with E-state index in [-0.39, 0.29) is 23.1 Å². The van der Waals surface area contributed by atoms with Crippen LogP contribution in [0.3, 0.4) is 0 Å². The summed E-state index contributed by atoms with van der Waals surface area (Å²) in [6.45, 7) is -0.376. The monoisotopic (exact) mass is 437 g/mol. The molecule has 0 aliphatic rings. The van der Waals surface area contributed by atoms with Crippen molar-refractivity contribution in [2.24, 2.45) is 0 Å². The Bertz CT molecular complexity index is 991. The van der Waals surface area contributed by atoms with Gasteiger partial charge in [0.25, 0.3) is 5.91 Å². The van der Waals surface area contributed by atoms with E-state index in [0.717, 1.165) is 5.75 Å². The van der Waals surface area contributed by atoms with Crippen molar-refractivity contribution >= 4 is 23.2 Å². The molecule has 0 radical (unpaired) electrons. The molecule has 0 spiro atoms. The summed E-state index contributed by atoms with van der Waals surface area (Å²) in [7, 11) is 0. The molecule has 0 bridgehead atoms. The lowest BCUT2D eigenvalue weighted by Gasteiger charge is -2.09. The zero-order valence-electron chi connectivity index (χ0n) is 15.9. The average molecular weight is 438 g/mol. The van der Waals surface area contributed by atoms with E-state index in [1.807, 2.05) is 6.92 Å². The number of amides is 1. The van der Waals surface area contributed by atoms with Crippen LogP contribution in [0.25, 0.3) is 0 Å². The summed E-state index contributed by atoms with van der Waals surface area (Å²) in [6, 6.07) is 14.2. The molecule has 2 aromatic carbocycles. The zero-order valence-corrected chi connectivity index (χ0v) is 16.6. The Morgan fingerprint density at radius 1 is 1.07 bits per heavy atom. The van der Waals surface area contributed by atoms with Crippen LogP contribution in [0.15, 0.2) is 59.0 Å². The first-order valence-electron chi connectivity index (χ1n) is 8.94. The van der Waals surface area contributed by atoms with E-state index in [9.17, 15) is 13.6 Å². The number of furan rings is 1. The number of ether oxygens (including phenoxy) is 3. The molecule has 6 nitrogen and oxygen atoms in total. The lowest BCUT2D eigenvalue weighted by Crippen LogP contribution is -2.11. The van der Waals surface area contributed by atoms with Gasteiger partial charge in [-0.3, -0.25) is 4.79 Å². The van der Waals surface area contributed by atoms with Crippen LogP contribution in [0, 0.1) is 0 Å². The van der Waals surface area contributed by atoms with Crippen molar-refractivity contribution in [1.82, 2.24) is 0 Å². The summed E-state index contributed by atoms with van der Waals surface area (Å²) in [5, 5.41) is 2.51. The molecule has 3 rings (SSSR count). The summed E-state index contributed by atoms with van der Waals surface area (Å²) in [5.74, 6) is 1.17. The van der Waals surface area contributed by atoms with Crippen molar-refractivity contribution in [3.63, 3.8) is 0 Å². The van der Waals surface area contributed by atoms with Gasteiger partial charge >= 0.3 is 6.61 Å². The second-order valence-electron chi connectivity index (χ2n) is 5.94. The minimum absolute atomic E-state index is 0.0583. The van der Waals surface area contributed by atoms with E-state index in [4.69, 9.17) is 25.5 Å². The Balaban J connectivity index is 1.56. The van der Waals surface area contributed by atoms with Gasteiger partial charge in [-0.05, 0) is 61.5 Å². The SMILES string of the molecule is CCOc1ccc(OCc2ccc(C(=O)Nc3ccc(OC(F)F)c(Cl)c3)o2)cc1. The number of carbonyl (C=O) groups excluding carboxylic acids is 1. The molecule has 0 atom stereocenters. The van der Waals surface area contributed by atoms with Gasteiger partial charge in [0.05, 0.1) is 11.6 Å². The Kier molecular flexibility index (Phi) is 7.13. The number of nitrogens with one attached hydrogen (secondary N) is 1. The van der Waals surface area contributed by atoms with Gasteiger partial charge in [-0.1, -0.05) is 11.6 Å². The third-order valence-corrected chi connectivity index (χ3v) is 4.10. The molecule has 1 amide bonds. The molecule has 1 heterocycles. The minimum Gasteiger partial charge on any atom is -0.494 e. The Hall–Kier alpha value is -3.26. The first-order valence-corrected chi connectivity index (χ1v) is 9.32. The number of halogens is 3. The van der Waals surface area contributed by atoms with Crippen LogP contribution in [-0.4, -0.2) is 19.1 Å². The standard InChI is InChI=1S/C21H18ClF2NO5/c1-2-27-14-4-6-15(7-5-14)28-12-16-8-10-19(29-16)20(26)25-13-3-9-18(17(22)11-13)30-21(23)24/h3-11,21H,2,12H2,1H3,(H,25,26). The van der Waals surface area contributed by atoms with Gasteiger partial charge in [0.15, 0.2) is 5.76 Å². The molecule has 0 unspecified atom stereocenters. The van der Waals surface area contributed by atoms with Crippen molar-refractivity contribution in [1.29, 1.82) is 0 Å². The van der Waals surface area contributed by atoms with Crippen LogP contribution < -0.4 is 19.5 Å². The molecule has 9 heteroatoms. The smallest absolute Gasteiger partial charge is 0.387 e. The van der Waals surface area contributed by atoms with Gasteiger partial charge in [0.1, 0.15) is 29.6 Å². The summed E-state index contributed by atoms with van der Waals surface area (Å²) < 4.78 is 45.3. The van der Waals surface area contributed by atoms with Crippen LogP contribution in [0.5, 0.6) is 17.2 Å². The third kappa shape index (κ3) is 5.87. The zero-order chi connectivity index (χ0) is 21.5. The first-order chi connectivity index (χ1) is 14.4. The Labute approximate surface area is 176 Å². The Morgan fingerprint density at radius 3 is 2.40 bits per heavy atom. The maximum Gasteiger partial charge on any atom is 0.387 e. The van der Waals surface area contributed by atoms with Crippen molar-refractivity contribution in [3.8, 4) is 17.2 Å². The average Bonchev–Trinajstić information content (AvgIpc) is 3.19. The van der Waals surface area contributed by atoms with E-state index >= 15 is 0 Å². The molecular weight excluding hydrogens is 420 g/mol. The van der Waals surface area contributed by atoms with E-state index in [1.165, 1.54) is 24.3 Å². The Morgan fingerprint density at radius 2 is 1.77 bits per heavy atom. The predicted molar refractivity (Wildman–Crippen MR) is 107 cm³/mol. The number of alkyl halides is 2. The second-order valence-corrected chi connectivity index (χ2v) is 6.34. The van der Waals surface area contributed by atoms with Crippen molar-refractivity contribution in [2.75, 3.05) is 11.9 Å². The van der Waals surface area contributed by atoms with Gasteiger partial charge in [-0.15, -0.1) is 0 Å². The third-order valence-electron chi connectivity index (χ3n) is 3.81. The molecule has 30 heavy (non-hydrogen) atoms. The highest BCUT2D eigenvalue weighted by Crippen LogP contribution is 2.29. The molecule has 1 N–H and O–H groups in total. The quantitative estimate of drug-likeness (QED) is 0.460. The largest absolute Gasteiger partial charge is 0.494 e. The number of benzene rings is 2. The maximum atomic E-state index is 12.3. The van der Waals surface area contributed by atoms with Gasteiger partial charge in [-0.25, -0.2) is 0 Å². The van der Waals surface area contributed by atoms with Crippen molar-refractivity contribution in [2.45, 2.75) is 20.1 Å². The van der Waals surface area contributed by atoms with Crippen LogP contribution in [0.2, 0.25) is 5.02 Å². The first kappa shape index (κ1) is 21.4. The number of carbonyl (C=O) groups is 1. The number of anilines is 1. The predicted octanol–water partition coefficient (Wildman–Crippen LogP) is 5.76. The van der Waals surface area contributed by atoms with Crippen LogP contribution in [0.1, 0.15) is 23.2 Å². The molecule has 0 aliphatic carbocycles. The fraction of sp³-hybridized carbons (Fsp3) is 0.190. The van der Waals surface area contributed by atoms with Gasteiger partial charge < -0.3 is 23.9 Å². The normalized spacial score (nSPS) is 10.7. The summed E-state index contributed by atoms with van der Waals surface area (Å²) in [5.41, 5.74) is 0.301. The second kappa shape index (κ2) is 9.98. The van der Waals surface area contributed by atoms with Crippen molar-refractivity contribution in [3.05, 3.63) is 71.1 Å². The van der Waals surface area contributed by atoms with Crippen LogP contribution in [0.4, 0.5) is 14.5 Å². The van der Waals surface area contributed by atoms with E-state index in [1.54, 1.807) is 30.3 Å². The molecule has 1 aromatic heterocycles. The van der Waals surface area contributed by atoms with E-state index < -0.39 is 12.5 Å². The summed E-state index contributed by atoms with van der Waals surface area (Å²) in [4.78, 5) is 12.3. The van der Waals surface area contributed by atoms with Gasteiger partial charge in [0.2, 0.25) is 0 Å². The van der Waals surface area contributed by atoms with E-state index in [2.05, 4.69) is 10.1 Å². The van der Waals surface area contributed by atoms with Crippen LogP contribution >= 0.6 is 11.6 Å². The molecule has 0 saturated heterocycles. The molecule has 3 aromatic rings. The number of rotatable bonds is 9. The van der Waals surface area contributed by atoms with Gasteiger partial charge in [0, 0.05) is 5.69 Å². The fourth-order valence-electron chi connectivity index (χ4n) is 2.49. The highest BCUT2D eigenvalue weighted by atomic mass is 35.5. The van der Waals surface area contributed by atoms with E-state index in [0.29, 0.717) is 23.8 Å². The molecule has 158 valence electrons. The molecule has 0 fully saturated rings. The fourth-order valence-corrected chi connectivity index (χ4v) is 2.72. The number of hydrogen-bond donors (Lipinski definition) is 1. The number of hydrogen-bond acceptors (Lipinski definition) is 5. The summed E-state index contributed by atoms with van der Waals surface area (Å²) >= 11 is 5.88. The maximum absolute atomic E-state index is 12.3. The molecular formula is C21H18ClF2NO5. The minimum atomic E-state index is -2.99. The summed E-state index contributed by atoms with van der Waals surface area (Å²) in [6.07, 6.45) is 0. The lowest BCUT2D eigenvalue weighted by atomic mass is 10.3. The van der Waals surface area contributed by atoms with Crippen molar-refractivity contribution < 1.29 is 32.2 Å². The highest BCUT2D eigenvalue weighted by molar-refractivity contribution is 6.32. The lowest BCUT2D eigenvalue weighted by molar-refractivity contribution is -0.0497. The highest BCUT2D eigenvalue weighted by Gasteiger charge is 2.14. The van der Waals surface area contributed by atoms with Gasteiger partial charge in [-0.2, -0.15) is 8.78 Å². The molecule has 0 saturated carbocycles.